The van der Waals surface area contributed by atoms with E-state index < -0.39 is 0 Å². The van der Waals surface area contributed by atoms with Crippen molar-refractivity contribution < 1.29 is 9.50 Å². The fourth-order valence-electron chi connectivity index (χ4n) is 4.66. The molecule has 0 unspecified atom stereocenters. The van der Waals surface area contributed by atoms with Crippen LogP contribution in [0, 0.1) is 12.7 Å². The number of aromatic nitrogens is 1. The summed E-state index contributed by atoms with van der Waals surface area (Å²) in [5.74, 6) is -0.199. The van der Waals surface area contributed by atoms with E-state index in [2.05, 4.69) is 34.1 Å². The Kier molecular flexibility index (Phi) is 7.10. The van der Waals surface area contributed by atoms with Gasteiger partial charge in [0.1, 0.15) is 11.6 Å². The van der Waals surface area contributed by atoms with Crippen LogP contribution in [-0.2, 0) is 6.54 Å². The Hall–Kier alpha value is -2.77. The predicted octanol–water partition coefficient (Wildman–Crippen LogP) is 4.65. The summed E-state index contributed by atoms with van der Waals surface area (Å²) < 4.78 is 15.0. The molecule has 0 amide bonds. The number of rotatable bonds is 6. The molecule has 0 radical (unpaired) electrons. The van der Waals surface area contributed by atoms with Crippen LogP contribution in [0.2, 0.25) is 0 Å². The Morgan fingerprint density at radius 1 is 1.03 bits per heavy atom. The molecule has 1 atom stereocenters. The third kappa shape index (κ3) is 4.80. The molecule has 1 aliphatic rings. The van der Waals surface area contributed by atoms with E-state index in [-0.39, 0.29) is 23.2 Å². The number of aryl methyl sites for hydroxylation is 1. The zero-order chi connectivity index (χ0) is 23.5. The maximum Gasteiger partial charge on any atom is 0.259 e. The van der Waals surface area contributed by atoms with E-state index in [0.29, 0.717) is 25.2 Å². The molecule has 1 aromatic heterocycles. The first-order chi connectivity index (χ1) is 15.9. The normalized spacial score (nSPS) is 15.6. The molecule has 2 aromatic carbocycles. The van der Waals surface area contributed by atoms with Gasteiger partial charge in [-0.1, -0.05) is 12.1 Å². The molecule has 0 bridgehead atoms. The molecule has 1 fully saturated rings. The summed E-state index contributed by atoms with van der Waals surface area (Å²) in [6.45, 7) is 7.27. The molecule has 2 heterocycles. The highest BCUT2D eigenvalue weighted by atomic mass is 32.2. The minimum absolute atomic E-state index is 0.0436. The zero-order valence-corrected chi connectivity index (χ0v) is 20.1. The van der Waals surface area contributed by atoms with Gasteiger partial charge >= 0.3 is 0 Å². The number of nitrogens with zero attached hydrogens (tertiary/aromatic N) is 3. The number of pyridine rings is 1. The summed E-state index contributed by atoms with van der Waals surface area (Å²) in [6, 6.07) is 16.1. The molecule has 7 heteroatoms. The van der Waals surface area contributed by atoms with Crippen LogP contribution >= 0.6 is 11.8 Å². The lowest BCUT2D eigenvalue weighted by Crippen LogP contribution is -2.49. The molecule has 0 saturated carbocycles. The van der Waals surface area contributed by atoms with Gasteiger partial charge in [0.05, 0.1) is 11.6 Å². The second-order valence-corrected chi connectivity index (χ2v) is 9.19. The molecule has 0 aliphatic carbocycles. The van der Waals surface area contributed by atoms with Crippen molar-refractivity contribution in [2.75, 3.05) is 37.3 Å². The van der Waals surface area contributed by atoms with E-state index in [4.69, 9.17) is 0 Å². The van der Waals surface area contributed by atoms with E-state index in [1.807, 2.05) is 20.1 Å². The molecule has 1 saturated heterocycles. The first-order valence-electron chi connectivity index (χ1n) is 11.2. The van der Waals surface area contributed by atoms with Crippen LogP contribution in [-0.4, -0.2) is 47.0 Å². The Bertz CT molecular complexity index is 1150. The zero-order valence-electron chi connectivity index (χ0n) is 19.3. The maximum absolute atomic E-state index is 13.5. The van der Waals surface area contributed by atoms with Crippen LogP contribution < -0.4 is 10.5 Å². The van der Waals surface area contributed by atoms with Gasteiger partial charge in [0.2, 0.25) is 0 Å². The topological polar surface area (TPSA) is 48.7 Å². The van der Waals surface area contributed by atoms with Crippen molar-refractivity contribution in [3.63, 3.8) is 0 Å². The molecule has 33 heavy (non-hydrogen) atoms. The molecule has 3 aromatic rings. The number of thioether (sulfide) groups is 1. The number of piperazine rings is 1. The largest absolute Gasteiger partial charge is 0.507 e. The predicted molar refractivity (Wildman–Crippen MR) is 133 cm³/mol. The van der Waals surface area contributed by atoms with Crippen molar-refractivity contribution >= 4 is 17.4 Å². The van der Waals surface area contributed by atoms with E-state index in [0.717, 1.165) is 34.9 Å². The van der Waals surface area contributed by atoms with E-state index >= 15 is 0 Å². The molecule has 5 nitrogen and oxygen atoms in total. The standard InChI is InChI=1S/C26H30FN3O2S/c1-4-30-18(2)17-23(31)24(26(30)32)25(19-5-11-22(33-3)12-6-19)29-15-13-28(14-16-29)21-9-7-20(27)8-10-21/h5-12,17,25,31H,4,13-16H2,1-3H3/t25-/m0/s1. The lowest BCUT2D eigenvalue weighted by Gasteiger charge is -2.40. The number of benzene rings is 2. The molecule has 0 spiro atoms. The van der Waals surface area contributed by atoms with Crippen LogP contribution in [0.15, 0.2) is 64.3 Å². The van der Waals surface area contributed by atoms with Crippen LogP contribution in [0.3, 0.4) is 0 Å². The summed E-state index contributed by atoms with van der Waals surface area (Å²) >= 11 is 1.67. The van der Waals surface area contributed by atoms with Gasteiger partial charge in [-0.15, -0.1) is 11.8 Å². The smallest absolute Gasteiger partial charge is 0.259 e. The summed E-state index contributed by atoms with van der Waals surface area (Å²) in [6.07, 6.45) is 2.03. The average molecular weight is 468 g/mol. The van der Waals surface area contributed by atoms with Crippen LogP contribution in [0.4, 0.5) is 10.1 Å². The average Bonchev–Trinajstić information content (AvgIpc) is 2.83. The van der Waals surface area contributed by atoms with Gasteiger partial charge in [0, 0.05) is 49.0 Å². The van der Waals surface area contributed by atoms with Crippen molar-refractivity contribution in [1.29, 1.82) is 0 Å². The third-order valence-corrected chi connectivity index (χ3v) is 7.16. The number of hydrogen-bond acceptors (Lipinski definition) is 5. The fraction of sp³-hybridized carbons (Fsp3) is 0.346. The molecular formula is C26H30FN3O2S. The highest BCUT2D eigenvalue weighted by molar-refractivity contribution is 7.98. The van der Waals surface area contributed by atoms with Crippen LogP contribution in [0.5, 0.6) is 5.75 Å². The highest BCUT2D eigenvalue weighted by Crippen LogP contribution is 2.34. The lowest BCUT2D eigenvalue weighted by molar-refractivity contribution is 0.207. The van der Waals surface area contributed by atoms with Crippen molar-refractivity contribution in [1.82, 2.24) is 9.47 Å². The third-order valence-electron chi connectivity index (χ3n) is 6.42. The van der Waals surface area contributed by atoms with Crippen molar-refractivity contribution in [3.05, 3.63) is 87.6 Å². The van der Waals surface area contributed by atoms with Gasteiger partial charge in [-0.05, 0) is 68.1 Å². The van der Waals surface area contributed by atoms with Gasteiger partial charge in [0.15, 0.2) is 0 Å². The monoisotopic (exact) mass is 467 g/mol. The van der Waals surface area contributed by atoms with Gasteiger partial charge in [-0.25, -0.2) is 4.39 Å². The quantitative estimate of drug-likeness (QED) is 0.535. The Morgan fingerprint density at radius 2 is 1.67 bits per heavy atom. The van der Waals surface area contributed by atoms with E-state index in [1.54, 1.807) is 34.5 Å². The molecule has 4 rings (SSSR count). The summed E-state index contributed by atoms with van der Waals surface area (Å²) in [4.78, 5) is 19.1. The van der Waals surface area contributed by atoms with E-state index in [1.165, 1.54) is 12.1 Å². The SMILES string of the molecule is CCn1c(C)cc(O)c([C@H](c2ccc(SC)cc2)N2CCN(c3ccc(F)cc3)CC2)c1=O. The minimum atomic E-state index is -0.345. The number of halogens is 1. The number of anilines is 1. The number of hydrogen-bond donors (Lipinski definition) is 1. The van der Waals surface area contributed by atoms with Gasteiger partial charge in [-0.3, -0.25) is 9.69 Å². The molecule has 174 valence electrons. The Labute approximate surface area is 198 Å². The summed E-state index contributed by atoms with van der Waals surface area (Å²) in [5.41, 5.74) is 3.01. The van der Waals surface area contributed by atoms with Crippen molar-refractivity contribution in [3.8, 4) is 5.75 Å². The maximum atomic E-state index is 13.5. The van der Waals surface area contributed by atoms with Crippen molar-refractivity contribution in [2.45, 2.75) is 31.3 Å². The lowest BCUT2D eigenvalue weighted by atomic mass is 9.96. The number of aromatic hydroxyl groups is 1. The highest BCUT2D eigenvalue weighted by Gasteiger charge is 2.31. The fourth-order valence-corrected chi connectivity index (χ4v) is 5.06. The minimum Gasteiger partial charge on any atom is -0.507 e. The molecule has 1 N–H and O–H groups in total. The Morgan fingerprint density at radius 3 is 2.24 bits per heavy atom. The van der Waals surface area contributed by atoms with Crippen LogP contribution in [0.1, 0.15) is 29.8 Å². The summed E-state index contributed by atoms with van der Waals surface area (Å²) in [7, 11) is 0. The van der Waals surface area contributed by atoms with Gasteiger partial charge in [-0.2, -0.15) is 0 Å². The first-order valence-corrected chi connectivity index (χ1v) is 12.5. The summed E-state index contributed by atoms with van der Waals surface area (Å²) in [5, 5.41) is 10.9. The van der Waals surface area contributed by atoms with Crippen LogP contribution in [0.25, 0.3) is 0 Å². The second kappa shape index (κ2) is 10.0. The van der Waals surface area contributed by atoms with Gasteiger partial charge in [0.25, 0.3) is 5.56 Å². The molecular weight excluding hydrogens is 437 g/mol. The van der Waals surface area contributed by atoms with Gasteiger partial charge < -0.3 is 14.6 Å². The molecule has 1 aliphatic heterocycles. The Balaban J connectivity index is 1.70. The first kappa shape index (κ1) is 23.4. The van der Waals surface area contributed by atoms with E-state index in [9.17, 15) is 14.3 Å². The second-order valence-electron chi connectivity index (χ2n) is 8.31. The van der Waals surface area contributed by atoms with Crippen molar-refractivity contribution in [2.24, 2.45) is 0 Å².